The molecule has 1 N–H and O–H groups in total. The maximum atomic E-state index is 13.2. The van der Waals surface area contributed by atoms with Crippen LogP contribution in [0.15, 0.2) is 48.5 Å². The van der Waals surface area contributed by atoms with E-state index in [0.717, 1.165) is 5.56 Å². The molecule has 0 spiro atoms. The lowest BCUT2D eigenvalue weighted by Crippen LogP contribution is -2.24. The lowest BCUT2D eigenvalue weighted by molar-refractivity contribution is 0.0573. The smallest absolute Gasteiger partial charge is 0.123 e. The van der Waals surface area contributed by atoms with Crippen molar-refractivity contribution in [3.05, 3.63) is 70.5 Å². The minimum Gasteiger partial charge on any atom is -0.385 e. The van der Waals surface area contributed by atoms with E-state index in [0.29, 0.717) is 17.0 Å². The van der Waals surface area contributed by atoms with E-state index in [-0.39, 0.29) is 5.82 Å². The fourth-order valence-electron chi connectivity index (χ4n) is 1.93. The van der Waals surface area contributed by atoms with Gasteiger partial charge >= 0.3 is 0 Å². The Bertz CT molecular complexity index is 534. The quantitative estimate of drug-likeness (QED) is 0.891. The van der Waals surface area contributed by atoms with Crippen molar-refractivity contribution in [2.45, 2.75) is 18.9 Å². The van der Waals surface area contributed by atoms with Crippen LogP contribution in [0.3, 0.4) is 0 Å². The number of benzene rings is 2. The standard InChI is InChI=1S/C15H14ClFO/c1-15(18,12-3-2-4-14(17)9-12)10-11-5-7-13(16)8-6-11/h2-9,18H,10H2,1H3. The van der Waals surface area contributed by atoms with E-state index in [1.165, 1.54) is 12.1 Å². The summed E-state index contributed by atoms with van der Waals surface area (Å²) in [5, 5.41) is 11.1. The van der Waals surface area contributed by atoms with Crippen molar-refractivity contribution in [3.63, 3.8) is 0 Å². The second-order valence-electron chi connectivity index (χ2n) is 4.59. The zero-order valence-electron chi connectivity index (χ0n) is 10.0. The summed E-state index contributed by atoms with van der Waals surface area (Å²) < 4.78 is 13.2. The second-order valence-corrected chi connectivity index (χ2v) is 5.02. The van der Waals surface area contributed by atoms with Crippen molar-refractivity contribution in [1.29, 1.82) is 0 Å². The summed E-state index contributed by atoms with van der Waals surface area (Å²) in [5.74, 6) is -0.344. The van der Waals surface area contributed by atoms with Crippen LogP contribution in [0.5, 0.6) is 0 Å². The third-order valence-electron chi connectivity index (χ3n) is 2.91. The van der Waals surface area contributed by atoms with Gasteiger partial charge in [-0.15, -0.1) is 0 Å². The van der Waals surface area contributed by atoms with E-state index in [1.807, 2.05) is 12.1 Å². The number of hydrogen-bond acceptors (Lipinski definition) is 1. The molecule has 0 bridgehead atoms. The zero-order valence-corrected chi connectivity index (χ0v) is 10.8. The predicted octanol–water partition coefficient (Wildman–Crippen LogP) is 3.93. The highest BCUT2D eigenvalue weighted by Crippen LogP contribution is 2.26. The summed E-state index contributed by atoms with van der Waals surface area (Å²) in [5.41, 5.74) is 0.418. The molecule has 1 unspecified atom stereocenters. The predicted molar refractivity (Wildman–Crippen MR) is 71.1 cm³/mol. The van der Waals surface area contributed by atoms with Gasteiger partial charge in [-0.3, -0.25) is 0 Å². The Balaban J connectivity index is 2.23. The van der Waals surface area contributed by atoms with Gasteiger partial charge in [0.1, 0.15) is 5.82 Å². The van der Waals surface area contributed by atoms with Crippen LogP contribution in [0, 0.1) is 5.82 Å². The molecular formula is C15H14ClFO. The minimum absolute atomic E-state index is 0.344. The number of halogens is 2. The zero-order chi connectivity index (χ0) is 13.2. The maximum Gasteiger partial charge on any atom is 0.123 e. The minimum atomic E-state index is -1.10. The third-order valence-corrected chi connectivity index (χ3v) is 3.16. The Kier molecular flexibility index (Phi) is 3.69. The molecule has 2 aromatic rings. The van der Waals surface area contributed by atoms with Crippen LogP contribution >= 0.6 is 11.6 Å². The Hall–Kier alpha value is -1.38. The van der Waals surface area contributed by atoms with Gasteiger partial charge in [-0.1, -0.05) is 35.9 Å². The molecule has 0 amide bonds. The average Bonchev–Trinajstić information content (AvgIpc) is 2.32. The largest absolute Gasteiger partial charge is 0.385 e. The first-order valence-corrected chi connectivity index (χ1v) is 6.08. The Morgan fingerprint density at radius 1 is 1.17 bits per heavy atom. The fourth-order valence-corrected chi connectivity index (χ4v) is 2.05. The van der Waals surface area contributed by atoms with Crippen LogP contribution < -0.4 is 0 Å². The third kappa shape index (κ3) is 3.09. The summed E-state index contributed by atoms with van der Waals surface area (Å²) in [4.78, 5) is 0. The summed E-state index contributed by atoms with van der Waals surface area (Å²) in [7, 11) is 0. The first kappa shape index (κ1) is 13.1. The molecule has 0 aliphatic heterocycles. The highest BCUT2D eigenvalue weighted by Gasteiger charge is 2.23. The van der Waals surface area contributed by atoms with Gasteiger partial charge in [0.2, 0.25) is 0 Å². The van der Waals surface area contributed by atoms with Gasteiger partial charge in [0.15, 0.2) is 0 Å². The van der Waals surface area contributed by atoms with Crippen LogP contribution in [0.25, 0.3) is 0 Å². The van der Waals surface area contributed by atoms with Crippen molar-refractivity contribution in [1.82, 2.24) is 0 Å². The Morgan fingerprint density at radius 3 is 2.44 bits per heavy atom. The molecule has 0 aliphatic carbocycles. The van der Waals surface area contributed by atoms with Gasteiger partial charge in [0, 0.05) is 11.4 Å². The molecule has 18 heavy (non-hydrogen) atoms. The van der Waals surface area contributed by atoms with Crippen LogP contribution in [0.4, 0.5) is 4.39 Å². The molecule has 1 atom stereocenters. The normalized spacial score (nSPS) is 14.2. The van der Waals surface area contributed by atoms with Gasteiger partial charge in [-0.05, 0) is 42.3 Å². The molecule has 3 heteroatoms. The van der Waals surface area contributed by atoms with E-state index < -0.39 is 5.60 Å². The first-order valence-electron chi connectivity index (χ1n) is 5.70. The monoisotopic (exact) mass is 264 g/mol. The molecule has 0 radical (unpaired) electrons. The van der Waals surface area contributed by atoms with Crippen LogP contribution in [-0.2, 0) is 12.0 Å². The van der Waals surface area contributed by atoms with E-state index in [4.69, 9.17) is 11.6 Å². The van der Waals surface area contributed by atoms with Crippen LogP contribution in [-0.4, -0.2) is 5.11 Å². The summed E-state index contributed by atoms with van der Waals surface area (Å²) >= 11 is 5.81. The van der Waals surface area contributed by atoms with Crippen molar-refractivity contribution in [3.8, 4) is 0 Å². The second kappa shape index (κ2) is 5.09. The summed E-state index contributed by atoms with van der Waals surface area (Å²) in [6, 6.07) is 13.3. The molecule has 2 rings (SSSR count). The molecule has 0 saturated carbocycles. The van der Waals surface area contributed by atoms with Crippen molar-refractivity contribution in [2.24, 2.45) is 0 Å². The highest BCUT2D eigenvalue weighted by molar-refractivity contribution is 6.30. The molecule has 0 fully saturated rings. The maximum absolute atomic E-state index is 13.2. The molecule has 94 valence electrons. The Labute approximate surface area is 111 Å². The molecule has 0 heterocycles. The Morgan fingerprint density at radius 2 is 1.83 bits per heavy atom. The lowest BCUT2D eigenvalue weighted by Gasteiger charge is -2.24. The van der Waals surface area contributed by atoms with Crippen LogP contribution in [0.2, 0.25) is 5.02 Å². The van der Waals surface area contributed by atoms with Gasteiger partial charge in [-0.2, -0.15) is 0 Å². The molecule has 0 aromatic heterocycles. The van der Waals surface area contributed by atoms with Gasteiger partial charge < -0.3 is 5.11 Å². The van der Waals surface area contributed by atoms with E-state index in [9.17, 15) is 9.50 Å². The van der Waals surface area contributed by atoms with Crippen molar-refractivity contribution in [2.75, 3.05) is 0 Å². The average molecular weight is 265 g/mol. The molecule has 1 nitrogen and oxygen atoms in total. The summed E-state index contributed by atoms with van der Waals surface area (Å²) in [6.45, 7) is 1.68. The number of rotatable bonds is 3. The van der Waals surface area contributed by atoms with E-state index in [2.05, 4.69) is 0 Å². The molecular weight excluding hydrogens is 251 g/mol. The first-order chi connectivity index (χ1) is 8.47. The number of hydrogen-bond donors (Lipinski definition) is 1. The van der Waals surface area contributed by atoms with E-state index in [1.54, 1.807) is 31.2 Å². The fraction of sp³-hybridized carbons (Fsp3) is 0.200. The van der Waals surface area contributed by atoms with Gasteiger partial charge in [-0.25, -0.2) is 4.39 Å². The van der Waals surface area contributed by atoms with Crippen molar-refractivity contribution < 1.29 is 9.50 Å². The summed E-state index contributed by atoms with van der Waals surface area (Å²) in [6.07, 6.45) is 0.410. The highest BCUT2D eigenvalue weighted by atomic mass is 35.5. The topological polar surface area (TPSA) is 20.2 Å². The van der Waals surface area contributed by atoms with Gasteiger partial charge in [0.25, 0.3) is 0 Å². The lowest BCUT2D eigenvalue weighted by atomic mass is 9.89. The molecule has 2 aromatic carbocycles. The SMILES string of the molecule is CC(O)(Cc1ccc(Cl)cc1)c1cccc(F)c1. The van der Waals surface area contributed by atoms with E-state index >= 15 is 0 Å². The van der Waals surface area contributed by atoms with Crippen LogP contribution in [0.1, 0.15) is 18.1 Å². The van der Waals surface area contributed by atoms with Crippen molar-refractivity contribution >= 4 is 11.6 Å². The molecule has 0 saturated heterocycles. The molecule has 0 aliphatic rings. The van der Waals surface area contributed by atoms with Gasteiger partial charge in [0.05, 0.1) is 5.60 Å². The number of aliphatic hydroxyl groups is 1.